The van der Waals surface area contributed by atoms with Crippen molar-refractivity contribution in [3.05, 3.63) is 35.9 Å². The van der Waals surface area contributed by atoms with E-state index in [1.165, 1.54) is 5.56 Å². The SMILES string of the molecule is CCN(CC1CCOC1)C(=O)[C@@H](N)CCc1ccccc1. The first-order chi connectivity index (χ1) is 10.2. The molecule has 0 bridgehead atoms. The molecule has 0 aromatic heterocycles. The molecule has 2 N–H and O–H groups in total. The van der Waals surface area contributed by atoms with Gasteiger partial charge in [-0.1, -0.05) is 30.3 Å². The topological polar surface area (TPSA) is 55.6 Å². The molecular weight excluding hydrogens is 264 g/mol. The number of benzene rings is 1. The summed E-state index contributed by atoms with van der Waals surface area (Å²) in [7, 11) is 0. The second-order valence-electron chi connectivity index (χ2n) is 5.74. The van der Waals surface area contributed by atoms with Gasteiger partial charge in [-0.15, -0.1) is 0 Å². The van der Waals surface area contributed by atoms with Crippen LogP contribution in [0.2, 0.25) is 0 Å². The number of amides is 1. The van der Waals surface area contributed by atoms with E-state index in [-0.39, 0.29) is 5.91 Å². The van der Waals surface area contributed by atoms with E-state index >= 15 is 0 Å². The van der Waals surface area contributed by atoms with Crippen LogP contribution in [0.5, 0.6) is 0 Å². The number of likely N-dealkylation sites (N-methyl/N-ethyl adjacent to an activating group) is 1. The standard InChI is InChI=1S/C17H26N2O2/c1-2-19(12-15-10-11-21-13-15)17(20)16(18)9-8-14-6-4-3-5-7-14/h3-7,15-16H,2,8-13,18H2,1H3/t15?,16-/m0/s1. The normalized spacial score (nSPS) is 19.4. The van der Waals surface area contributed by atoms with Gasteiger partial charge in [0.2, 0.25) is 5.91 Å². The summed E-state index contributed by atoms with van der Waals surface area (Å²) >= 11 is 0. The molecule has 1 unspecified atom stereocenters. The molecule has 0 radical (unpaired) electrons. The van der Waals surface area contributed by atoms with Crippen LogP contribution >= 0.6 is 0 Å². The van der Waals surface area contributed by atoms with Crippen molar-refractivity contribution < 1.29 is 9.53 Å². The molecule has 4 nitrogen and oxygen atoms in total. The number of nitrogens with zero attached hydrogens (tertiary/aromatic N) is 1. The first-order valence-corrected chi connectivity index (χ1v) is 7.86. The van der Waals surface area contributed by atoms with Crippen LogP contribution in [0.1, 0.15) is 25.3 Å². The molecule has 1 aromatic rings. The fourth-order valence-corrected chi connectivity index (χ4v) is 2.74. The van der Waals surface area contributed by atoms with Gasteiger partial charge in [0.1, 0.15) is 0 Å². The highest BCUT2D eigenvalue weighted by Crippen LogP contribution is 2.15. The largest absolute Gasteiger partial charge is 0.381 e. The van der Waals surface area contributed by atoms with Crippen molar-refractivity contribution in [2.45, 2.75) is 32.2 Å². The molecule has 1 aliphatic rings. The van der Waals surface area contributed by atoms with Crippen LogP contribution in [0.15, 0.2) is 30.3 Å². The lowest BCUT2D eigenvalue weighted by molar-refractivity contribution is -0.133. The summed E-state index contributed by atoms with van der Waals surface area (Å²) in [5.41, 5.74) is 7.32. The Hall–Kier alpha value is -1.39. The van der Waals surface area contributed by atoms with Gasteiger partial charge in [-0.2, -0.15) is 0 Å². The molecule has 1 saturated heterocycles. The Kier molecular flexibility index (Phi) is 6.21. The highest BCUT2D eigenvalue weighted by atomic mass is 16.5. The average molecular weight is 290 g/mol. The van der Waals surface area contributed by atoms with Gasteiger partial charge >= 0.3 is 0 Å². The zero-order chi connectivity index (χ0) is 15.1. The fourth-order valence-electron chi connectivity index (χ4n) is 2.74. The highest BCUT2D eigenvalue weighted by Gasteiger charge is 2.24. The van der Waals surface area contributed by atoms with Gasteiger partial charge in [0.25, 0.3) is 0 Å². The number of hydrogen-bond donors (Lipinski definition) is 1. The molecule has 21 heavy (non-hydrogen) atoms. The van der Waals surface area contributed by atoms with Crippen LogP contribution in [0.4, 0.5) is 0 Å². The predicted octanol–water partition coefficient (Wildman–Crippen LogP) is 1.83. The second kappa shape index (κ2) is 8.15. The molecule has 116 valence electrons. The van der Waals surface area contributed by atoms with Gasteiger partial charge in [0.05, 0.1) is 12.6 Å². The zero-order valence-corrected chi connectivity index (χ0v) is 12.8. The van der Waals surface area contributed by atoms with E-state index in [9.17, 15) is 4.79 Å². The number of rotatable bonds is 7. The van der Waals surface area contributed by atoms with Crippen LogP contribution in [0, 0.1) is 5.92 Å². The maximum absolute atomic E-state index is 12.4. The van der Waals surface area contributed by atoms with Crippen molar-refractivity contribution in [3.63, 3.8) is 0 Å². The number of ether oxygens (including phenoxy) is 1. The highest BCUT2D eigenvalue weighted by molar-refractivity contribution is 5.81. The minimum atomic E-state index is -0.410. The maximum atomic E-state index is 12.4. The van der Waals surface area contributed by atoms with E-state index in [4.69, 9.17) is 10.5 Å². The van der Waals surface area contributed by atoms with Crippen LogP contribution in [-0.2, 0) is 16.0 Å². The van der Waals surface area contributed by atoms with E-state index in [1.54, 1.807) is 0 Å². The van der Waals surface area contributed by atoms with E-state index < -0.39 is 6.04 Å². The predicted molar refractivity (Wildman–Crippen MR) is 83.9 cm³/mol. The molecule has 1 aliphatic heterocycles. The van der Waals surface area contributed by atoms with Crippen molar-refractivity contribution in [3.8, 4) is 0 Å². The summed E-state index contributed by atoms with van der Waals surface area (Å²) in [6.45, 7) is 5.08. The molecular formula is C17H26N2O2. The first-order valence-electron chi connectivity index (χ1n) is 7.86. The molecule has 0 saturated carbocycles. The first kappa shape index (κ1) is 16.0. The van der Waals surface area contributed by atoms with Crippen molar-refractivity contribution in [1.29, 1.82) is 0 Å². The van der Waals surface area contributed by atoms with Gasteiger partial charge in [-0.25, -0.2) is 0 Å². The minimum absolute atomic E-state index is 0.0698. The third kappa shape index (κ3) is 4.83. The van der Waals surface area contributed by atoms with Crippen molar-refractivity contribution in [1.82, 2.24) is 4.90 Å². The number of carbonyl (C=O) groups excluding carboxylic acids is 1. The lowest BCUT2D eigenvalue weighted by Gasteiger charge is -2.26. The summed E-state index contributed by atoms with van der Waals surface area (Å²) in [4.78, 5) is 14.3. The smallest absolute Gasteiger partial charge is 0.239 e. The fraction of sp³-hybridized carbons (Fsp3) is 0.588. The zero-order valence-electron chi connectivity index (χ0n) is 12.8. The Balaban J connectivity index is 1.81. The van der Waals surface area contributed by atoms with E-state index in [2.05, 4.69) is 12.1 Å². The Bertz CT molecular complexity index is 430. The third-order valence-corrected chi connectivity index (χ3v) is 4.10. The third-order valence-electron chi connectivity index (χ3n) is 4.10. The van der Waals surface area contributed by atoms with Gasteiger partial charge < -0.3 is 15.4 Å². The number of nitrogens with two attached hydrogens (primary N) is 1. The summed E-state index contributed by atoms with van der Waals surface area (Å²) in [5, 5.41) is 0. The molecule has 1 heterocycles. The molecule has 0 aliphatic carbocycles. The van der Waals surface area contributed by atoms with Crippen LogP contribution in [-0.4, -0.2) is 43.2 Å². The van der Waals surface area contributed by atoms with Crippen LogP contribution in [0.3, 0.4) is 0 Å². The molecule has 1 aromatic carbocycles. The molecule has 2 atom stereocenters. The van der Waals surface area contributed by atoms with E-state index in [0.29, 0.717) is 18.9 Å². The summed E-state index contributed by atoms with van der Waals surface area (Å²) in [5.74, 6) is 0.538. The molecule has 1 amide bonds. The Morgan fingerprint density at radius 2 is 2.19 bits per heavy atom. The van der Waals surface area contributed by atoms with Crippen molar-refractivity contribution >= 4 is 5.91 Å². The second-order valence-corrected chi connectivity index (χ2v) is 5.74. The average Bonchev–Trinajstić information content (AvgIpc) is 3.03. The Morgan fingerprint density at radius 3 is 2.81 bits per heavy atom. The van der Waals surface area contributed by atoms with Crippen LogP contribution in [0.25, 0.3) is 0 Å². The van der Waals surface area contributed by atoms with Gasteiger partial charge in [0.15, 0.2) is 0 Å². The van der Waals surface area contributed by atoms with E-state index in [0.717, 1.165) is 32.6 Å². The Morgan fingerprint density at radius 1 is 1.43 bits per heavy atom. The molecule has 4 heteroatoms. The monoisotopic (exact) mass is 290 g/mol. The maximum Gasteiger partial charge on any atom is 0.239 e. The number of hydrogen-bond acceptors (Lipinski definition) is 3. The van der Waals surface area contributed by atoms with Crippen LogP contribution < -0.4 is 5.73 Å². The van der Waals surface area contributed by atoms with Gasteiger partial charge in [0, 0.05) is 25.6 Å². The van der Waals surface area contributed by atoms with Crippen molar-refractivity contribution in [2.75, 3.05) is 26.3 Å². The molecule has 1 fully saturated rings. The molecule has 2 rings (SSSR count). The lowest BCUT2D eigenvalue weighted by Crippen LogP contribution is -2.45. The van der Waals surface area contributed by atoms with Gasteiger partial charge in [-0.05, 0) is 31.7 Å². The Labute approximate surface area is 127 Å². The summed E-state index contributed by atoms with van der Waals surface area (Å²) in [6, 6.07) is 9.77. The number of aryl methyl sites for hydroxylation is 1. The number of carbonyl (C=O) groups is 1. The van der Waals surface area contributed by atoms with Crippen molar-refractivity contribution in [2.24, 2.45) is 11.7 Å². The van der Waals surface area contributed by atoms with Gasteiger partial charge in [-0.3, -0.25) is 4.79 Å². The van der Waals surface area contributed by atoms with E-state index in [1.807, 2.05) is 30.0 Å². The molecule has 0 spiro atoms. The summed E-state index contributed by atoms with van der Waals surface area (Å²) < 4.78 is 5.38. The quantitative estimate of drug-likeness (QED) is 0.833. The minimum Gasteiger partial charge on any atom is -0.381 e. The summed E-state index contributed by atoms with van der Waals surface area (Å²) in [6.07, 6.45) is 2.58. The lowest BCUT2D eigenvalue weighted by atomic mass is 10.0.